The molecule has 0 spiro atoms. The van der Waals surface area contributed by atoms with E-state index in [0.29, 0.717) is 16.0 Å². The van der Waals surface area contributed by atoms with Crippen molar-refractivity contribution in [1.82, 2.24) is 25.4 Å². The molecule has 1 heterocycles. The maximum Gasteiger partial charge on any atom is 0.321 e. The van der Waals surface area contributed by atoms with E-state index in [1.165, 1.54) is 11.8 Å². The van der Waals surface area contributed by atoms with Crippen LogP contribution >= 0.6 is 23.4 Å². The Kier molecular flexibility index (Phi) is 6.30. The van der Waals surface area contributed by atoms with Crippen LogP contribution in [0.2, 0.25) is 5.02 Å². The van der Waals surface area contributed by atoms with Gasteiger partial charge in [0.05, 0.1) is 10.3 Å². The van der Waals surface area contributed by atoms with Crippen molar-refractivity contribution in [3.63, 3.8) is 0 Å². The van der Waals surface area contributed by atoms with Crippen LogP contribution in [0, 0.1) is 0 Å². The molecule has 0 unspecified atom stereocenters. The van der Waals surface area contributed by atoms with Gasteiger partial charge in [-0.2, -0.15) is 0 Å². The van der Waals surface area contributed by atoms with Gasteiger partial charge in [0, 0.05) is 18.2 Å². The molecule has 2 rings (SSSR count). The number of carbonyl (C=O) groups excluding carboxylic acids is 2. The van der Waals surface area contributed by atoms with E-state index in [9.17, 15) is 9.59 Å². The molecule has 2 N–H and O–H groups in total. The van der Waals surface area contributed by atoms with Crippen LogP contribution in [0.1, 0.15) is 27.7 Å². The number of aromatic nitrogens is 3. The summed E-state index contributed by atoms with van der Waals surface area (Å²) in [6, 6.07) is 6.82. The van der Waals surface area contributed by atoms with Crippen LogP contribution in [0.25, 0.3) is 11.4 Å². The van der Waals surface area contributed by atoms with Crippen LogP contribution in [0.5, 0.6) is 0 Å². The molecule has 1 atom stereocenters. The zero-order valence-electron chi connectivity index (χ0n) is 15.3. The molecule has 26 heavy (non-hydrogen) atoms. The third-order valence-electron chi connectivity index (χ3n) is 3.33. The molecule has 0 saturated heterocycles. The van der Waals surface area contributed by atoms with Gasteiger partial charge in [0.2, 0.25) is 5.91 Å². The van der Waals surface area contributed by atoms with Crippen LogP contribution in [0.4, 0.5) is 4.79 Å². The van der Waals surface area contributed by atoms with E-state index < -0.39 is 22.7 Å². The van der Waals surface area contributed by atoms with Crippen LogP contribution in [-0.2, 0) is 11.8 Å². The molecule has 140 valence electrons. The third kappa shape index (κ3) is 5.22. The molecule has 9 heteroatoms. The van der Waals surface area contributed by atoms with Crippen molar-refractivity contribution < 1.29 is 9.59 Å². The van der Waals surface area contributed by atoms with E-state index in [1.54, 1.807) is 24.6 Å². The third-order valence-corrected chi connectivity index (χ3v) is 4.79. The number of hydrogen-bond donors (Lipinski definition) is 2. The lowest BCUT2D eigenvalue weighted by atomic mass is 10.1. The second-order valence-electron chi connectivity index (χ2n) is 6.80. The highest BCUT2D eigenvalue weighted by atomic mass is 35.5. The zero-order valence-corrected chi connectivity index (χ0v) is 16.9. The minimum atomic E-state index is -0.525. The van der Waals surface area contributed by atoms with Crippen molar-refractivity contribution in [2.45, 2.75) is 43.6 Å². The molecular weight excluding hydrogens is 374 g/mol. The number of nitrogens with zero attached hydrogens (tertiary/aromatic N) is 3. The normalized spacial score (nSPS) is 12.5. The molecule has 7 nitrogen and oxygen atoms in total. The fourth-order valence-electron chi connectivity index (χ4n) is 2.09. The summed E-state index contributed by atoms with van der Waals surface area (Å²) in [5, 5.41) is 13.9. The van der Waals surface area contributed by atoms with E-state index in [0.717, 1.165) is 5.56 Å². The molecule has 0 saturated carbocycles. The summed E-state index contributed by atoms with van der Waals surface area (Å²) in [6.45, 7) is 7.22. The average molecular weight is 396 g/mol. The molecule has 0 radical (unpaired) electrons. The Hall–Kier alpha value is -2.06. The lowest BCUT2D eigenvalue weighted by Gasteiger charge is -2.21. The topological polar surface area (TPSA) is 88.9 Å². The first-order valence-corrected chi connectivity index (χ1v) is 9.28. The van der Waals surface area contributed by atoms with Gasteiger partial charge in [0.1, 0.15) is 0 Å². The molecule has 0 aliphatic heterocycles. The second kappa shape index (κ2) is 8.09. The monoisotopic (exact) mass is 395 g/mol. The van der Waals surface area contributed by atoms with Crippen LogP contribution in [0.15, 0.2) is 29.4 Å². The average Bonchev–Trinajstić information content (AvgIpc) is 2.86. The molecule has 3 amide bonds. The van der Waals surface area contributed by atoms with Gasteiger partial charge in [-0.15, -0.1) is 10.2 Å². The second-order valence-corrected chi connectivity index (χ2v) is 8.51. The Balaban J connectivity index is 2.06. The van der Waals surface area contributed by atoms with Crippen molar-refractivity contribution in [2.75, 3.05) is 0 Å². The summed E-state index contributed by atoms with van der Waals surface area (Å²) in [5.41, 5.74) is 0.339. The molecule has 0 aliphatic rings. The summed E-state index contributed by atoms with van der Waals surface area (Å²) < 4.78 is 1.77. The van der Waals surface area contributed by atoms with Gasteiger partial charge in [0.25, 0.3) is 0 Å². The quantitative estimate of drug-likeness (QED) is 0.776. The van der Waals surface area contributed by atoms with Crippen molar-refractivity contribution in [1.29, 1.82) is 0 Å². The molecule has 0 bridgehead atoms. The van der Waals surface area contributed by atoms with Gasteiger partial charge in [0.15, 0.2) is 11.0 Å². The number of rotatable bonds is 4. The smallest absolute Gasteiger partial charge is 0.321 e. The number of benzene rings is 1. The number of hydrogen-bond acceptors (Lipinski definition) is 5. The molecule has 1 aromatic carbocycles. The fourth-order valence-corrected chi connectivity index (χ4v) is 3.13. The van der Waals surface area contributed by atoms with E-state index in [1.807, 2.05) is 39.0 Å². The van der Waals surface area contributed by atoms with E-state index in [4.69, 9.17) is 11.6 Å². The van der Waals surface area contributed by atoms with Crippen molar-refractivity contribution >= 4 is 35.3 Å². The summed E-state index contributed by atoms with van der Waals surface area (Å²) in [7, 11) is 1.80. The predicted molar refractivity (Wildman–Crippen MR) is 103 cm³/mol. The Morgan fingerprint density at radius 1 is 1.23 bits per heavy atom. The molecule has 0 fully saturated rings. The highest BCUT2D eigenvalue weighted by molar-refractivity contribution is 8.00. The Bertz CT molecular complexity index is 816. The first-order valence-electron chi connectivity index (χ1n) is 8.02. The first kappa shape index (κ1) is 20.3. The van der Waals surface area contributed by atoms with Crippen molar-refractivity contribution in [3.8, 4) is 11.4 Å². The lowest BCUT2D eigenvalue weighted by molar-refractivity contribution is -0.119. The summed E-state index contributed by atoms with van der Waals surface area (Å²) in [4.78, 5) is 24.0. The van der Waals surface area contributed by atoms with Crippen LogP contribution in [-0.4, -0.2) is 37.5 Å². The molecule has 2 aromatic rings. The first-order chi connectivity index (χ1) is 12.1. The highest BCUT2D eigenvalue weighted by Crippen LogP contribution is 2.29. The minimum absolute atomic E-state index is 0.404. The maximum absolute atomic E-state index is 12.2. The zero-order chi connectivity index (χ0) is 19.5. The maximum atomic E-state index is 12.2. The number of carbonyl (C=O) groups is 2. The fraction of sp³-hybridized carbons (Fsp3) is 0.412. The highest BCUT2D eigenvalue weighted by Gasteiger charge is 2.23. The number of urea groups is 1. The largest absolute Gasteiger partial charge is 0.333 e. The Morgan fingerprint density at radius 2 is 1.88 bits per heavy atom. The van der Waals surface area contributed by atoms with Gasteiger partial charge < -0.3 is 9.88 Å². The van der Waals surface area contributed by atoms with Crippen molar-refractivity contribution in [3.05, 3.63) is 29.3 Å². The lowest BCUT2D eigenvalue weighted by Crippen LogP contribution is -2.49. The van der Waals surface area contributed by atoms with E-state index in [-0.39, 0.29) is 0 Å². The standard InChI is InChI=1S/C17H22ClN5O2S/c1-10(14(24)19-15(25)20-17(2,3)4)26-16-22-21-13(23(16)5)11-8-6-7-9-12(11)18/h6-10H,1-5H3,(H2,19,20,24,25)/t10-/m0/s1. The number of halogens is 1. The number of thioether (sulfide) groups is 1. The van der Waals surface area contributed by atoms with Gasteiger partial charge in [-0.25, -0.2) is 4.79 Å². The Morgan fingerprint density at radius 3 is 2.50 bits per heavy atom. The molecule has 0 aliphatic carbocycles. The van der Waals surface area contributed by atoms with Gasteiger partial charge >= 0.3 is 6.03 Å². The SMILES string of the molecule is C[C@H](Sc1nnc(-c2ccccc2Cl)n1C)C(=O)NC(=O)NC(C)(C)C. The van der Waals surface area contributed by atoms with Crippen LogP contribution < -0.4 is 10.6 Å². The van der Waals surface area contributed by atoms with Crippen LogP contribution in [0.3, 0.4) is 0 Å². The number of nitrogens with one attached hydrogen (secondary N) is 2. The minimum Gasteiger partial charge on any atom is -0.333 e. The predicted octanol–water partition coefficient (Wildman–Crippen LogP) is 3.24. The number of imide groups is 1. The van der Waals surface area contributed by atoms with Crippen molar-refractivity contribution in [2.24, 2.45) is 7.05 Å². The van der Waals surface area contributed by atoms with E-state index in [2.05, 4.69) is 20.8 Å². The van der Waals surface area contributed by atoms with Gasteiger partial charge in [-0.3, -0.25) is 10.1 Å². The summed E-state index contributed by atoms with van der Waals surface area (Å²) in [5.74, 6) is 0.204. The summed E-state index contributed by atoms with van der Waals surface area (Å²) in [6.07, 6.45) is 0. The molecule has 1 aromatic heterocycles. The van der Waals surface area contributed by atoms with Gasteiger partial charge in [-0.1, -0.05) is 35.5 Å². The summed E-state index contributed by atoms with van der Waals surface area (Å²) >= 11 is 7.42. The Labute approximate surface area is 161 Å². The van der Waals surface area contributed by atoms with E-state index >= 15 is 0 Å². The molecular formula is C17H22ClN5O2S. The van der Waals surface area contributed by atoms with Gasteiger partial charge in [-0.05, 0) is 39.8 Å². The number of amides is 3.